The highest BCUT2D eigenvalue weighted by atomic mass is 16.6. The number of imidazole rings is 1. The van der Waals surface area contributed by atoms with Crippen molar-refractivity contribution >= 4 is 16.7 Å². The van der Waals surface area contributed by atoms with Crippen molar-refractivity contribution in [2.75, 3.05) is 0 Å². The van der Waals surface area contributed by atoms with Gasteiger partial charge >= 0.3 is 5.97 Å². The maximum absolute atomic E-state index is 12.3. The van der Waals surface area contributed by atoms with Crippen LogP contribution in [0.25, 0.3) is 22.0 Å². The van der Waals surface area contributed by atoms with Crippen LogP contribution in [0.2, 0.25) is 0 Å². The summed E-state index contributed by atoms with van der Waals surface area (Å²) in [5.41, 5.74) is 3.54. The Morgan fingerprint density at radius 3 is 2.57 bits per heavy atom. The van der Waals surface area contributed by atoms with Gasteiger partial charge in [-0.2, -0.15) is 0 Å². The zero-order chi connectivity index (χ0) is 20.1. The summed E-state index contributed by atoms with van der Waals surface area (Å²) in [5.74, 6) is 1.21. The van der Waals surface area contributed by atoms with Gasteiger partial charge in [-0.05, 0) is 48.6 Å². The Balaban J connectivity index is 1.23. The zero-order valence-corrected chi connectivity index (χ0v) is 16.6. The molecular formula is C26H22N2O2. The van der Waals surface area contributed by atoms with Gasteiger partial charge in [0.1, 0.15) is 11.4 Å². The zero-order valence-electron chi connectivity index (χ0n) is 16.6. The van der Waals surface area contributed by atoms with E-state index in [1.54, 1.807) is 0 Å². The van der Waals surface area contributed by atoms with Crippen molar-refractivity contribution < 1.29 is 9.53 Å². The summed E-state index contributed by atoms with van der Waals surface area (Å²) in [6.07, 6.45) is 5.52. The molecule has 0 saturated heterocycles. The van der Waals surface area contributed by atoms with Crippen molar-refractivity contribution in [3.8, 4) is 11.3 Å². The molecule has 1 fully saturated rings. The Labute approximate surface area is 174 Å². The van der Waals surface area contributed by atoms with Crippen LogP contribution in [0.4, 0.5) is 0 Å². The third-order valence-corrected chi connectivity index (χ3v) is 6.76. The van der Waals surface area contributed by atoms with E-state index in [9.17, 15) is 4.79 Å². The van der Waals surface area contributed by atoms with Gasteiger partial charge in [0.25, 0.3) is 0 Å². The molecule has 6 rings (SSSR count). The molecule has 4 heteroatoms. The number of hydrogen-bond donors (Lipinski definition) is 1. The van der Waals surface area contributed by atoms with Crippen LogP contribution in [0.5, 0.6) is 0 Å². The fourth-order valence-electron chi connectivity index (χ4n) is 5.12. The molecule has 2 aliphatic rings. The number of nitrogens with one attached hydrogen (secondary N) is 1. The van der Waals surface area contributed by atoms with E-state index in [-0.39, 0.29) is 5.97 Å². The van der Waals surface area contributed by atoms with Crippen LogP contribution in [-0.2, 0) is 10.3 Å². The highest BCUT2D eigenvalue weighted by molar-refractivity contribution is 5.94. The number of carbonyl (C=O) groups excluding carboxylic acids is 1. The first-order valence-electron chi connectivity index (χ1n) is 10.6. The number of benzene rings is 3. The summed E-state index contributed by atoms with van der Waals surface area (Å²) in [4.78, 5) is 20.6. The monoisotopic (exact) mass is 394 g/mol. The Kier molecular flexibility index (Phi) is 3.82. The number of nitrogens with zero attached hydrogens (tertiary/aromatic N) is 1. The Morgan fingerprint density at radius 2 is 1.70 bits per heavy atom. The van der Waals surface area contributed by atoms with Gasteiger partial charge in [-0.3, -0.25) is 0 Å². The number of aromatic nitrogens is 2. The van der Waals surface area contributed by atoms with Gasteiger partial charge < -0.3 is 9.72 Å². The van der Waals surface area contributed by atoms with Crippen molar-refractivity contribution in [3.63, 3.8) is 0 Å². The topological polar surface area (TPSA) is 55.0 Å². The highest BCUT2D eigenvalue weighted by Crippen LogP contribution is 2.49. The summed E-state index contributed by atoms with van der Waals surface area (Å²) < 4.78 is 5.89. The summed E-state index contributed by atoms with van der Waals surface area (Å²) in [6, 6.07) is 22.7. The van der Waals surface area contributed by atoms with Crippen LogP contribution in [0, 0.1) is 0 Å². The molecule has 1 aliphatic heterocycles. The summed E-state index contributed by atoms with van der Waals surface area (Å²) in [5, 5.41) is 2.47. The summed E-state index contributed by atoms with van der Waals surface area (Å²) >= 11 is 0. The van der Waals surface area contributed by atoms with E-state index in [0.717, 1.165) is 53.9 Å². The van der Waals surface area contributed by atoms with Crippen molar-refractivity contribution in [3.05, 3.63) is 89.9 Å². The smallest absolute Gasteiger partial charge is 0.339 e. The Hall–Kier alpha value is -3.40. The normalized spacial score (nSPS) is 22.9. The molecule has 4 nitrogen and oxygen atoms in total. The SMILES string of the molecule is O=C1OC2(CCC(c3ncc(-c4ccc5ccccc5c4)[nH]3)CC2)c2ccccc21. The van der Waals surface area contributed by atoms with Gasteiger partial charge in [0, 0.05) is 17.0 Å². The van der Waals surface area contributed by atoms with Gasteiger partial charge in [-0.1, -0.05) is 54.6 Å². The van der Waals surface area contributed by atoms with Gasteiger partial charge in [0.2, 0.25) is 0 Å². The first-order valence-corrected chi connectivity index (χ1v) is 10.6. The molecule has 1 aromatic heterocycles. The predicted molar refractivity (Wildman–Crippen MR) is 116 cm³/mol. The fourth-order valence-corrected chi connectivity index (χ4v) is 5.12. The number of esters is 1. The molecule has 0 bridgehead atoms. The van der Waals surface area contributed by atoms with E-state index in [1.165, 1.54) is 10.8 Å². The lowest BCUT2D eigenvalue weighted by molar-refractivity contribution is -0.0312. The van der Waals surface area contributed by atoms with Crippen molar-refractivity contribution in [2.24, 2.45) is 0 Å². The van der Waals surface area contributed by atoms with Crippen LogP contribution >= 0.6 is 0 Å². The first kappa shape index (κ1) is 17.5. The molecule has 30 heavy (non-hydrogen) atoms. The molecule has 4 aromatic rings. The maximum atomic E-state index is 12.3. The van der Waals surface area contributed by atoms with Crippen molar-refractivity contribution in [2.45, 2.75) is 37.2 Å². The average molecular weight is 394 g/mol. The fraction of sp³-hybridized carbons (Fsp3) is 0.231. The first-order chi connectivity index (χ1) is 14.7. The Bertz CT molecular complexity index is 1260. The van der Waals surface area contributed by atoms with E-state index in [0.29, 0.717) is 5.92 Å². The van der Waals surface area contributed by atoms with Gasteiger partial charge in [-0.15, -0.1) is 0 Å². The molecule has 2 heterocycles. The number of hydrogen-bond acceptors (Lipinski definition) is 3. The van der Waals surface area contributed by atoms with Crippen LogP contribution in [0.1, 0.15) is 53.3 Å². The number of H-pyrrole nitrogens is 1. The molecule has 1 N–H and O–H groups in total. The molecule has 0 amide bonds. The highest BCUT2D eigenvalue weighted by Gasteiger charge is 2.47. The van der Waals surface area contributed by atoms with Crippen molar-refractivity contribution in [1.29, 1.82) is 0 Å². The quantitative estimate of drug-likeness (QED) is 0.427. The van der Waals surface area contributed by atoms with Crippen LogP contribution in [0.3, 0.4) is 0 Å². The number of carbonyl (C=O) groups is 1. The number of rotatable bonds is 2. The lowest BCUT2D eigenvalue weighted by Gasteiger charge is -2.35. The standard InChI is InChI=1S/C26H22N2O2/c29-25-21-7-3-4-8-22(21)26(30-25)13-11-18(12-14-26)24-27-16-23(28-24)20-10-9-17-5-1-2-6-19(17)15-20/h1-10,15-16,18H,11-14H2,(H,27,28). The second-order valence-corrected chi connectivity index (χ2v) is 8.45. The van der Waals surface area contributed by atoms with E-state index in [4.69, 9.17) is 9.72 Å². The van der Waals surface area contributed by atoms with Crippen molar-refractivity contribution in [1.82, 2.24) is 9.97 Å². The minimum atomic E-state index is -0.446. The van der Waals surface area contributed by atoms with Gasteiger partial charge in [0.15, 0.2) is 0 Å². The van der Waals surface area contributed by atoms with Gasteiger partial charge in [0.05, 0.1) is 17.5 Å². The molecule has 3 aromatic carbocycles. The van der Waals surface area contributed by atoms with E-state index in [2.05, 4.69) is 47.4 Å². The number of ether oxygens (including phenoxy) is 1. The summed E-state index contributed by atoms with van der Waals surface area (Å²) in [6.45, 7) is 0. The molecule has 0 atom stereocenters. The third kappa shape index (κ3) is 2.67. The van der Waals surface area contributed by atoms with E-state index in [1.807, 2.05) is 30.5 Å². The average Bonchev–Trinajstić information content (AvgIpc) is 3.39. The lowest BCUT2D eigenvalue weighted by atomic mass is 9.75. The second-order valence-electron chi connectivity index (χ2n) is 8.45. The van der Waals surface area contributed by atoms with E-state index >= 15 is 0 Å². The molecule has 0 unspecified atom stereocenters. The predicted octanol–water partition coefficient (Wildman–Crippen LogP) is 5.95. The number of aromatic amines is 1. The minimum absolute atomic E-state index is 0.180. The molecule has 1 aliphatic carbocycles. The van der Waals surface area contributed by atoms with Crippen LogP contribution in [-0.4, -0.2) is 15.9 Å². The summed E-state index contributed by atoms with van der Waals surface area (Å²) in [7, 11) is 0. The molecule has 0 radical (unpaired) electrons. The maximum Gasteiger partial charge on any atom is 0.339 e. The number of fused-ring (bicyclic) bond motifs is 3. The largest absolute Gasteiger partial charge is 0.451 e. The minimum Gasteiger partial charge on any atom is -0.451 e. The third-order valence-electron chi connectivity index (χ3n) is 6.76. The lowest BCUT2D eigenvalue weighted by Crippen LogP contribution is -2.31. The molecular weight excluding hydrogens is 372 g/mol. The molecule has 148 valence electrons. The Morgan fingerprint density at radius 1 is 0.933 bits per heavy atom. The van der Waals surface area contributed by atoms with E-state index < -0.39 is 5.60 Å². The van der Waals surface area contributed by atoms with Crippen LogP contribution < -0.4 is 0 Å². The molecule has 1 spiro atoms. The van der Waals surface area contributed by atoms with Gasteiger partial charge in [-0.25, -0.2) is 9.78 Å². The molecule has 1 saturated carbocycles. The van der Waals surface area contributed by atoms with Crippen LogP contribution in [0.15, 0.2) is 72.9 Å². The second kappa shape index (κ2) is 6.56.